The number of nitrogens with zero attached hydrogens (tertiary/aromatic N) is 1. The lowest BCUT2D eigenvalue weighted by Gasteiger charge is -2.32. The van der Waals surface area contributed by atoms with E-state index in [1.54, 1.807) is 0 Å². The topological polar surface area (TPSA) is 78.5 Å². The van der Waals surface area contributed by atoms with Gasteiger partial charge in [0, 0.05) is 6.42 Å². The first kappa shape index (κ1) is 20.0. The highest BCUT2D eigenvalue weighted by molar-refractivity contribution is 6.44. The van der Waals surface area contributed by atoms with Crippen molar-refractivity contribution in [2.24, 2.45) is 0 Å². The van der Waals surface area contributed by atoms with E-state index in [-0.39, 0.29) is 20.8 Å². The minimum atomic E-state index is -1.01. The number of halogens is 3. The molecule has 4 rings (SSSR count). The molecule has 0 radical (unpaired) electrons. The molecule has 0 bridgehead atoms. The highest BCUT2D eigenvalue weighted by Gasteiger charge is 2.52. The Hall–Kier alpha value is -2.28. The van der Waals surface area contributed by atoms with Crippen molar-refractivity contribution in [2.75, 3.05) is 11.9 Å². The van der Waals surface area contributed by atoms with Gasteiger partial charge in [0.2, 0.25) is 5.91 Å². The molecule has 1 atom stereocenters. The molecule has 0 aromatic heterocycles. The number of fused-ring (bicyclic) bond motifs is 1. The van der Waals surface area contributed by atoms with Gasteiger partial charge in [0.25, 0.3) is 5.91 Å². The number of nitrogens with one attached hydrogen (secondary N) is 2. The van der Waals surface area contributed by atoms with Crippen LogP contribution in [0, 0.1) is 0 Å². The SMILES string of the molecule is O=C(CN1C(=O)NC2(CCc3ccccc3C2)C1=O)Nc1cc(Cl)c(Cl)cc1Cl. The number of hydrogen-bond donors (Lipinski definition) is 2. The fraction of sp³-hybridized carbons (Fsp3) is 0.250. The van der Waals surface area contributed by atoms with Crippen molar-refractivity contribution in [3.8, 4) is 0 Å². The maximum atomic E-state index is 13.1. The van der Waals surface area contributed by atoms with Crippen molar-refractivity contribution in [1.82, 2.24) is 10.2 Å². The number of anilines is 1. The van der Waals surface area contributed by atoms with E-state index in [0.717, 1.165) is 10.5 Å². The zero-order chi connectivity index (χ0) is 20.8. The third kappa shape index (κ3) is 3.68. The second-order valence-corrected chi connectivity index (χ2v) is 8.36. The summed E-state index contributed by atoms with van der Waals surface area (Å²) in [6.07, 6.45) is 1.58. The normalized spacial score (nSPS) is 20.6. The van der Waals surface area contributed by atoms with Gasteiger partial charge in [-0.3, -0.25) is 14.5 Å². The number of rotatable bonds is 3. The van der Waals surface area contributed by atoms with E-state index in [2.05, 4.69) is 10.6 Å². The van der Waals surface area contributed by atoms with Crippen LogP contribution in [-0.2, 0) is 22.4 Å². The third-order valence-electron chi connectivity index (χ3n) is 5.26. The van der Waals surface area contributed by atoms with E-state index in [1.165, 1.54) is 17.7 Å². The van der Waals surface area contributed by atoms with E-state index >= 15 is 0 Å². The summed E-state index contributed by atoms with van der Waals surface area (Å²) in [6, 6.07) is 10.1. The Bertz CT molecular complexity index is 1040. The largest absolute Gasteiger partial charge is 0.325 e. The molecule has 1 saturated heterocycles. The van der Waals surface area contributed by atoms with Crippen LogP contribution in [0.15, 0.2) is 36.4 Å². The molecule has 2 aliphatic rings. The van der Waals surface area contributed by atoms with Crippen molar-refractivity contribution in [3.05, 3.63) is 62.6 Å². The van der Waals surface area contributed by atoms with E-state index in [9.17, 15) is 14.4 Å². The second kappa shape index (κ2) is 7.52. The number of carbonyl (C=O) groups excluding carboxylic acids is 3. The van der Waals surface area contributed by atoms with Gasteiger partial charge in [0.15, 0.2) is 0 Å². The van der Waals surface area contributed by atoms with Crippen molar-refractivity contribution >= 4 is 58.3 Å². The summed E-state index contributed by atoms with van der Waals surface area (Å²) in [6.45, 7) is -0.426. The first-order valence-corrected chi connectivity index (χ1v) is 10.1. The Morgan fingerprint density at radius 2 is 1.76 bits per heavy atom. The van der Waals surface area contributed by atoms with Crippen LogP contribution >= 0.6 is 34.8 Å². The van der Waals surface area contributed by atoms with Crippen LogP contribution in [0.1, 0.15) is 17.5 Å². The molecule has 0 saturated carbocycles. The second-order valence-electron chi connectivity index (χ2n) is 7.14. The van der Waals surface area contributed by atoms with Gasteiger partial charge in [-0.25, -0.2) is 4.79 Å². The molecular formula is C20H16Cl3N3O3. The molecule has 9 heteroatoms. The Morgan fingerprint density at radius 3 is 2.52 bits per heavy atom. The van der Waals surface area contributed by atoms with Crippen LogP contribution in [0.4, 0.5) is 10.5 Å². The number of aryl methyl sites for hydroxylation is 1. The zero-order valence-electron chi connectivity index (χ0n) is 15.1. The van der Waals surface area contributed by atoms with E-state index in [1.807, 2.05) is 24.3 Å². The molecule has 4 amide bonds. The van der Waals surface area contributed by atoms with Crippen LogP contribution in [0.25, 0.3) is 0 Å². The highest BCUT2D eigenvalue weighted by atomic mass is 35.5. The predicted octanol–water partition coefficient (Wildman–Crippen LogP) is 4.06. The van der Waals surface area contributed by atoms with Crippen LogP contribution < -0.4 is 10.6 Å². The molecule has 29 heavy (non-hydrogen) atoms. The van der Waals surface area contributed by atoms with Gasteiger partial charge in [0.05, 0.1) is 20.8 Å². The Kier molecular flexibility index (Phi) is 5.19. The average Bonchev–Trinajstić information content (AvgIpc) is 2.90. The number of imide groups is 1. The quantitative estimate of drug-likeness (QED) is 0.544. The molecule has 1 heterocycles. The Balaban J connectivity index is 1.49. The lowest BCUT2D eigenvalue weighted by atomic mass is 9.78. The summed E-state index contributed by atoms with van der Waals surface area (Å²) < 4.78 is 0. The molecule has 1 unspecified atom stereocenters. The summed E-state index contributed by atoms with van der Waals surface area (Å²) in [5.74, 6) is -0.963. The summed E-state index contributed by atoms with van der Waals surface area (Å²) >= 11 is 17.9. The van der Waals surface area contributed by atoms with Crippen molar-refractivity contribution in [2.45, 2.75) is 24.8 Å². The van der Waals surface area contributed by atoms with E-state index in [0.29, 0.717) is 19.3 Å². The van der Waals surface area contributed by atoms with Gasteiger partial charge < -0.3 is 10.6 Å². The molecular weight excluding hydrogens is 437 g/mol. The first-order chi connectivity index (χ1) is 13.8. The summed E-state index contributed by atoms with van der Waals surface area (Å²) in [7, 11) is 0. The van der Waals surface area contributed by atoms with Gasteiger partial charge in [-0.2, -0.15) is 0 Å². The average molecular weight is 453 g/mol. The fourth-order valence-electron chi connectivity index (χ4n) is 3.80. The molecule has 150 valence electrons. The van der Waals surface area contributed by atoms with Gasteiger partial charge >= 0.3 is 6.03 Å². The minimum Gasteiger partial charge on any atom is -0.323 e. The van der Waals surface area contributed by atoms with Gasteiger partial charge in [-0.05, 0) is 36.1 Å². The molecule has 1 aliphatic carbocycles. The van der Waals surface area contributed by atoms with E-state index in [4.69, 9.17) is 34.8 Å². The van der Waals surface area contributed by atoms with Gasteiger partial charge in [-0.15, -0.1) is 0 Å². The van der Waals surface area contributed by atoms with Crippen molar-refractivity contribution < 1.29 is 14.4 Å². The van der Waals surface area contributed by atoms with Gasteiger partial charge in [-0.1, -0.05) is 59.1 Å². The summed E-state index contributed by atoms with van der Waals surface area (Å²) in [5, 5.41) is 6.04. The highest BCUT2D eigenvalue weighted by Crippen LogP contribution is 2.34. The summed E-state index contributed by atoms with van der Waals surface area (Å²) in [5.41, 5.74) is 1.44. The number of urea groups is 1. The number of hydrogen-bond acceptors (Lipinski definition) is 3. The molecule has 1 aliphatic heterocycles. The Labute approximate surface area is 182 Å². The van der Waals surface area contributed by atoms with Crippen LogP contribution in [0.5, 0.6) is 0 Å². The lowest BCUT2D eigenvalue weighted by molar-refractivity contribution is -0.134. The van der Waals surface area contributed by atoms with Crippen molar-refractivity contribution in [1.29, 1.82) is 0 Å². The number of benzene rings is 2. The molecule has 2 aromatic carbocycles. The standard InChI is InChI=1S/C20H16Cl3N3O3/c21-13-7-15(23)16(8-14(13)22)24-17(27)10-26-18(28)20(25-19(26)29)6-5-11-3-1-2-4-12(11)9-20/h1-4,7-8H,5-6,9-10H2,(H,24,27)(H,25,29). The first-order valence-electron chi connectivity index (χ1n) is 8.94. The smallest absolute Gasteiger partial charge is 0.323 e. The molecule has 1 fully saturated rings. The van der Waals surface area contributed by atoms with Crippen molar-refractivity contribution in [3.63, 3.8) is 0 Å². The Morgan fingerprint density at radius 1 is 1.07 bits per heavy atom. The molecule has 1 spiro atoms. The minimum absolute atomic E-state index is 0.199. The maximum Gasteiger partial charge on any atom is 0.325 e. The predicted molar refractivity (Wildman–Crippen MR) is 112 cm³/mol. The van der Waals surface area contributed by atoms with Crippen LogP contribution in [0.3, 0.4) is 0 Å². The summed E-state index contributed by atoms with van der Waals surface area (Å²) in [4.78, 5) is 38.9. The van der Waals surface area contributed by atoms with E-state index < -0.39 is 29.9 Å². The maximum absolute atomic E-state index is 13.1. The van der Waals surface area contributed by atoms with Crippen LogP contribution in [-0.4, -0.2) is 34.8 Å². The van der Waals surface area contributed by atoms with Gasteiger partial charge in [0.1, 0.15) is 12.1 Å². The monoisotopic (exact) mass is 451 g/mol. The molecule has 6 nitrogen and oxygen atoms in total. The fourth-order valence-corrected chi connectivity index (χ4v) is 4.39. The molecule has 2 N–H and O–H groups in total. The molecule has 2 aromatic rings. The lowest BCUT2D eigenvalue weighted by Crippen LogP contribution is -2.51. The number of amides is 4. The van der Waals surface area contributed by atoms with Crippen LogP contribution in [0.2, 0.25) is 15.1 Å². The zero-order valence-corrected chi connectivity index (χ0v) is 17.4. The number of carbonyl (C=O) groups is 3. The third-order valence-corrected chi connectivity index (χ3v) is 6.30.